The predicted octanol–water partition coefficient (Wildman–Crippen LogP) is 2.91. The summed E-state index contributed by atoms with van der Waals surface area (Å²) in [6.45, 7) is 9.18. The molecule has 0 aliphatic rings. The topological polar surface area (TPSA) is 76.7 Å². The number of hydrogen-bond acceptors (Lipinski definition) is 4. The van der Waals surface area contributed by atoms with Crippen LogP contribution >= 0.6 is 0 Å². The van der Waals surface area contributed by atoms with Gasteiger partial charge in [-0.1, -0.05) is 24.3 Å². The van der Waals surface area contributed by atoms with Gasteiger partial charge in [0.05, 0.1) is 0 Å². The van der Waals surface area contributed by atoms with Crippen molar-refractivity contribution in [1.82, 2.24) is 10.9 Å². The van der Waals surface area contributed by atoms with E-state index < -0.39 is 17.9 Å². The fourth-order valence-electron chi connectivity index (χ4n) is 2.37. The molecule has 0 aliphatic heterocycles. The maximum absolute atomic E-state index is 12.1. The lowest BCUT2D eigenvalue weighted by molar-refractivity contribution is -0.133. The van der Waals surface area contributed by atoms with Crippen LogP contribution in [0.15, 0.2) is 36.4 Å². The van der Waals surface area contributed by atoms with Crippen LogP contribution in [0, 0.1) is 27.7 Å². The minimum atomic E-state index is -0.759. The first kappa shape index (κ1) is 20.3. The third kappa shape index (κ3) is 5.74. The lowest BCUT2D eigenvalue weighted by Crippen LogP contribution is -2.48. The highest BCUT2D eigenvalue weighted by Crippen LogP contribution is 2.21. The highest BCUT2D eigenvalue weighted by Gasteiger charge is 2.17. The largest absolute Gasteiger partial charge is 0.483 e. The number of hydrogen-bond donors (Lipinski definition) is 2. The van der Waals surface area contributed by atoms with Crippen LogP contribution in [-0.2, 0) is 9.59 Å². The molecule has 0 bridgehead atoms. The van der Waals surface area contributed by atoms with Gasteiger partial charge in [0.25, 0.3) is 11.8 Å². The zero-order valence-corrected chi connectivity index (χ0v) is 16.4. The molecule has 2 aromatic carbocycles. The fraction of sp³-hybridized carbons (Fsp3) is 0.333. The van der Waals surface area contributed by atoms with Gasteiger partial charge in [-0.2, -0.15) is 0 Å². The second-order valence-corrected chi connectivity index (χ2v) is 6.55. The minimum Gasteiger partial charge on any atom is -0.483 e. The Morgan fingerprint density at radius 2 is 1.70 bits per heavy atom. The summed E-state index contributed by atoms with van der Waals surface area (Å²) in [6, 6.07) is 11.4. The quantitative estimate of drug-likeness (QED) is 0.767. The van der Waals surface area contributed by atoms with Gasteiger partial charge in [-0.05, 0) is 69.0 Å². The average molecular weight is 370 g/mol. The molecule has 0 fully saturated rings. The van der Waals surface area contributed by atoms with E-state index in [0.717, 1.165) is 22.3 Å². The van der Waals surface area contributed by atoms with Gasteiger partial charge in [-0.15, -0.1) is 0 Å². The van der Waals surface area contributed by atoms with E-state index in [1.807, 2.05) is 64.1 Å². The predicted molar refractivity (Wildman–Crippen MR) is 104 cm³/mol. The Kier molecular flexibility index (Phi) is 6.82. The Morgan fingerprint density at radius 1 is 0.963 bits per heavy atom. The maximum Gasteiger partial charge on any atom is 0.279 e. The molecule has 0 unspecified atom stereocenters. The van der Waals surface area contributed by atoms with E-state index in [0.29, 0.717) is 11.5 Å². The summed E-state index contributed by atoms with van der Waals surface area (Å²) >= 11 is 0. The molecule has 2 amide bonds. The Balaban J connectivity index is 1.81. The van der Waals surface area contributed by atoms with Crippen molar-refractivity contribution >= 4 is 11.8 Å². The van der Waals surface area contributed by atoms with Gasteiger partial charge in [0.1, 0.15) is 11.5 Å². The van der Waals surface area contributed by atoms with Crippen molar-refractivity contribution in [3.05, 3.63) is 58.7 Å². The third-order valence-corrected chi connectivity index (χ3v) is 4.26. The summed E-state index contributed by atoms with van der Waals surface area (Å²) < 4.78 is 11.2. The summed E-state index contributed by atoms with van der Waals surface area (Å²) in [5, 5.41) is 0. The molecular formula is C21H26N2O4. The summed E-state index contributed by atoms with van der Waals surface area (Å²) in [5.41, 5.74) is 8.73. The number of nitrogens with one attached hydrogen (secondary N) is 2. The first-order valence-corrected chi connectivity index (χ1v) is 8.79. The van der Waals surface area contributed by atoms with E-state index in [9.17, 15) is 9.59 Å². The molecule has 0 aliphatic carbocycles. The molecule has 6 heteroatoms. The van der Waals surface area contributed by atoms with Crippen molar-refractivity contribution in [1.29, 1.82) is 0 Å². The van der Waals surface area contributed by atoms with Crippen molar-refractivity contribution in [3.63, 3.8) is 0 Å². The van der Waals surface area contributed by atoms with Crippen LogP contribution in [-0.4, -0.2) is 24.5 Å². The van der Waals surface area contributed by atoms with E-state index in [1.165, 1.54) is 0 Å². The number of rotatable bonds is 6. The van der Waals surface area contributed by atoms with E-state index >= 15 is 0 Å². The summed E-state index contributed by atoms with van der Waals surface area (Å²) in [7, 11) is 0. The van der Waals surface area contributed by atoms with Crippen LogP contribution in [0.5, 0.6) is 11.5 Å². The van der Waals surface area contributed by atoms with E-state index in [4.69, 9.17) is 9.47 Å². The van der Waals surface area contributed by atoms with Crippen molar-refractivity contribution in [2.45, 2.75) is 40.7 Å². The number of hydrazine groups is 1. The lowest BCUT2D eigenvalue weighted by atomic mass is 10.1. The Hall–Kier alpha value is -3.02. The first-order chi connectivity index (χ1) is 12.8. The smallest absolute Gasteiger partial charge is 0.279 e. The highest BCUT2D eigenvalue weighted by molar-refractivity contribution is 5.85. The second-order valence-electron chi connectivity index (χ2n) is 6.55. The molecule has 0 heterocycles. The fourth-order valence-corrected chi connectivity index (χ4v) is 2.37. The van der Waals surface area contributed by atoms with Gasteiger partial charge in [0.2, 0.25) is 0 Å². The second kappa shape index (κ2) is 9.07. The van der Waals surface area contributed by atoms with Gasteiger partial charge in [0, 0.05) is 0 Å². The first-order valence-electron chi connectivity index (χ1n) is 8.79. The van der Waals surface area contributed by atoms with E-state index in [1.54, 1.807) is 6.92 Å². The molecule has 6 nitrogen and oxygen atoms in total. The van der Waals surface area contributed by atoms with Crippen LogP contribution in [0.1, 0.15) is 29.2 Å². The normalized spacial score (nSPS) is 11.4. The molecule has 0 radical (unpaired) electrons. The van der Waals surface area contributed by atoms with Crippen LogP contribution in [0.2, 0.25) is 0 Å². The van der Waals surface area contributed by atoms with Crippen LogP contribution < -0.4 is 20.3 Å². The van der Waals surface area contributed by atoms with E-state index in [-0.39, 0.29) is 6.61 Å². The molecular weight excluding hydrogens is 344 g/mol. The van der Waals surface area contributed by atoms with Gasteiger partial charge >= 0.3 is 0 Å². The van der Waals surface area contributed by atoms with Crippen molar-refractivity contribution in [2.75, 3.05) is 6.61 Å². The van der Waals surface area contributed by atoms with Crippen LogP contribution in [0.3, 0.4) is 0 Å². The summed E-state index contributed by atoms with van der Waals surface area (Å²) in [5.74, 6) is 0.379. The standard InChI is InChI=1S/C21H26N2O4/c1-13-9-10-15(3)19(11-13)26-12-20(24)22-23-21(25)17(5)27-18-8-6-7-14(2)16(18)4/h6-11,17H,12H2,1-5H3,(H,22,24)(H,23,25)/t17-/m0/s1. The van der Waals surface area contributed by atoms with Gasteiger partial charge < -0.3 is 9.47 Å². The zero-order chi connectivity index (χ0) is 20.0. The molecule has 2 aromatic rings. The summed E-state index contributed by atoms with van der Waals surface area (Å²) in [6.07, 6.45) is -0.759. The minimum absolute atomic E-state index is 0.198. The van der Waals surface area contributed by atoms with Gasteiger partial charge in [-0.25, -0.2) is 0 Å². The molecule has 1 atom stereocenters. The SMILES string of the molecule is Cc1ccc(C)c(OCC(=O)NNC(=O)[C@H](C)Oc2cccc(C)c2C)c1. The maximum atomic E-state index is 12.1. The Morgan fingerprint density at radius 3 is 2.44 bits per heavy atom. The van der Waals surface area contributed by atoms with Gasteiger partial charge in [-0.3, -0.25) is 20.4 Å². The molecule has 0 aromatic heterocycles. The molecule has 2 N–H and O–H groups in total. The van der Waals surface area contributed by atoms with Gasteiger partial charge in [0.15, 0.2) is 12.7 Å². The number of carbonyl (C=O) groups is 2. The Labute approximate surface area is 159 Å². The third-order valence-electron chi connectivity index (χ3n) is 4.26. The van der Waals surface area contributed by atoms with Crippen molar-refractivity contribution < 1.29 is 19.1 Å². The number of aryl methyl sites for hydroxylation is 3. The number of benzene rings is 2. The molecule has 2 rings (SSSR count). The van der Waals surface area contributed by atoms with Crippen molar-refractivity contribution in [3.8, 4) is 11.5 Å². The number of ether oxygens (including phenoxy) is 2. The molecule has 0 saturated carbocycles. The van der Waals surface area contributed by atoms with Crippen molar-refractivity contribution in [2.24, 2.45) is 0 Å². The number of carbonyl (C=O) groups excluding carboxylic acids is 2. The highest BCUT2D eigenvalue weighted by atomic mass is 16.5. The number of amides is 2. The zero-order valence-electron chi connectivity index (χ0n) is 16.4. The molecule has 144 valence electrons. The van der Waals surface area contributed by atoms with Crippen LogP contribution in [0.25, 0.3) is 0 Å². The molecule has 0 saturated heterocycles. The summed E-state index contributed by atoms with van der Waals surface area (Å²) in [4.78, 5) is 24.0. The Bertz CT molecular complexity index is 833. The van der Waals surface area contributed by atoms with E-state index in [2.05, 4.69) is 10.9 Å². The molecule has 0 spiro atoms. The molecule has 27 heavy (non-hydrogen) atoms. The lowest BCUT2D eigenvalue weighted by Gasteiger charge is -2.17. The van der Waals surface area contributed by atoms with Crippen LogP contribution in [0.4, 0.5) is 0 Å². The average Bonchev–Trinajstić information content (AvgIpc) is 2.64. The monoisotopic (exact) mass is 370 g/mol.